The van der Waals surface area contributed by atoms with Crippen LogP contribution in [0, 0.1) is 5.82 Å². The Hall–Kier alpha value is -3.64. The number of ether oxygens (including phenoxy) is 1. The Morgan fingerprint density at radius 1 is 1.23 bits per heavy atom. The number of hydrogen-bond acceptors (Lipinski definition) is 5. The van der Waals surface area contributed by atoms with Gasteiger partial charge in [-0.15, -0.1) is 0 Å². The van der Waals surface area contributed by atoms with Gasteiger partial charge in [0.15, 0.2) is 0 Å². The maximum atomic E-state index is 13.1. The van der Waals surface area contributed by atoms with Gasteiger partial charge in [0.25, 0.3) is 0 Å². The number of halogens is 1. The Bertz CT molecular complexity index is 1240. The number of nitrogens with zero attached hydrogens (tertiary/aromatic N) is 2. The summed E-state index contributed by atoms with van der Waals surface area (Å²) in [6, 6.07) is 11.8. The van der Waals surface area contributed by atoms with Crippen LogP contribution in [0.15, 0.2) is 90.0 Å². The van der Waals surface area contributed by atoms with Crippen LogP contribution in [0.1, 0.15) is 0 Å². The number of anilines is 2. The van der Waals surface area contributed by atoms with Crippen molar-refractivity contribution in [1.29, 1.82) is 0 Å². The number of nitrogen functional groups attached to an aromatic ring is 1. The van der Waals surface area contributed by atoms with Crippen molar-refractivity contribution < 1.29 is 33.3 Å². The number of nitrogens with two attached hydrogens (primary N) is 1. The minimum atomic E-state index is -0.541. The zero-order valence-electron chi connectivity index (χ0n) is 16.1. The van der Waals surface area contributed by atoms with Crippen LogP contribution in [0.25, 0.3) is 5.69 Å². The number of nitrogens with one attached hydrogen (secondary N) is 1. The van der Waals surface area contributed by atoms with Crippen LogP contribution < -0.4 is 21.3 Å². The molecule has 0 fully saturated rings. The molecule has 0 unspecified atom stereocenters. The molecule has 3 rings (SSSR count). The van der Waals surface area contributed by atoms with Crippen LogP contribution in [0.3, 0.4) is 0 Å². The Kier molecular flexibility index (Phi) is 7.05. The van der Waals surface area contributed by atoms with Crippen molar-refractivity contribution in [3.05, 3.63) is 101 Å². The van der Waals surface area contributed by atoms with Crippen molar-refractivity contribution in [2.75, 3.05) is 11.1 Å². The van der Waals surface area contributed by atoms with Crippen LogP contribution in [0.4, 0.5) is 15.9 Å². The summed E-state index contributed by atoms with van der Waals surface area (Å²) in [5.74, 6) is -0.0825. The molecule has 1 amide bonds. The zero-order valence-corrected chi connectivity index (χ0v) is 19.1. The van der Waals surface area contributed by atoms with Crippen LogP contribution >= 0.6 is 0 Å². The second-order valence-electron chi connectivity index (χ2n) is 6.22. The molecule has 0 aliphatic rings. The molecule has 0 saturated heterocycles. The molecule has 31 heavy (non-hydrogen) atoms. The SMILES string of the molecule is C=C(/C=C\[C](=[W])Oc1ccnc(N)c1)C(=O)Nc1cccn(-c2ccc(F)cc2)c1=O. The molecule has 0 bridgehead atoms. The van der Waals surface area contributed by atoms with Gasteiger partial charge in [-0.1, -0.05) is 0 Å². The van der Waals surface area contributed by atoms with Gasteiger partial charge in [-0.25, -0.2) is 4.39 Å². The van der Waals surface area contributed by atoms with Crippen LogP contribution in [-0.2, 0) is 24.1 Å². The number of pyridine rings is 2. The van der Waals surface area contributed by atoms with Crippen molar-refractivity contribution in [1.82, 2.24) is 9.55 Å². The number of amides is 1. The molecule has 2 heterocycles. The summed E-state index contributed by atoms with van der Waals surface area (Å²) in [4.78, 5) is 29.0. The molecule has 0 saturated carbocycles. The van der Waals surface area contributed by atoms with E-state index < -0.39 is 17.3 Å². The van der Waals surface area contributed by atoms with Gasteiger partial charge >= 0.3 is 178 Å². The monoisotopic (exact) mass is 588 g/mol. The first-order chi connectivity index (χ1) is 14.8. The summed E-state index contributed by atoms with van der Waals surface area (Å²) >= 11 is 1.03. The topological polar surface area (TPSA) is 99.2 Å². The van der Waals surface area contributed by atoms with E-state index in [2.05, 4.69) is 16.9 Å². The summed E-state index contributed by atoms with van der Waals surface area (Å²) in [5.41, 5.74) is 5.84. The molecule has 1 aromatic carbocycles. The van der Waals surface area contributed by atoms with Gasteiger partial charge < -0.3 is 0 Å². The van der Waals surface area contributed by atoms with E-state index in [9.17, 15) is 14.0 Å². The summed E-state index contributed by atoms with van der Waals surface area (Å²) in [6.07, 6.45) is 6.16. The fourth-order valence-corrected chi connectivity index (χ4v) is 3.07. The number of aromatic nitrogens is 2. The zero-order chi connectivity index (χ0) is 22.4. The maximum absolute atomic E-state index is 13.1. The molecule has 3 aromatic rings. The number of carbonyl (C=O) groups is 1. The van der Waals surface area contributed by atoms with Gasteiger partial charge in [0.05, 0.1) is 0 Å². The van der Waals surface area contributed by atoms with Gasteiger partial charge in [0.2, 0.25) is 0 Å². The predicted molar refractivity (Wildman–Crippen MR) is 113 cm³/mol. The first-order valence-electron chi connectivity index (χ1n) is 8.93. The first kappa shape index (κ1) is 22.1. The van der Waals surface area contributed by atoms with E-state index in [4.69, 9.17) is 10.5 Å². The molecule has 0 radical (unpaired) electrons. The van der Waals surface area contributed by atoms with E-state index >= 15 is 0 Å². The second kappa shape index (κ2) is 9.91. The number of carbonyl (C=O) groups excluding carboxylic acids is 1. The van der Waals surface area contributed by atoms with Crippen LogP contribution in [0.2, 0.25) is 0 Å². The summed E-state index contributed by atoms with van der Waals surface area (Å²) < 4.78 is 20.7. The van der Waals surface area contributed by atoms with E-state index in [0.29, 0.717) is 21.3 Å². The molecule has 0 aliphatic carbocycles. The fraction of sp³-hybridized carbons (Fsp3) is 0. The summed E-state index contributed by atoms with van der Waals surface area (Å²) in [6.45, 7) is 3.72. The van der Waals surface area contributed by atoms with Crippen molar-refractivity contribution in [3.8, 4) is 11.4 Å². The first-order valence-corrected chi connectivity index (χ1v) is 10.4. The van der Waals surface area contributed by atoms with E-state index in [0.717, 1.165) is 19.4 Å². The molecule has 0 atom stereocenters. The normalized spacial score (nSPS) is 10.6. The standard InChI is InChI=1S/C22H17FN4O3.W/c1-15(4-3-13-30-18-10-11-25-20(24)14-18)21(28)26-19-5-2-12-27(22(19)29)17-8-6-16(23)7-9-17;/h2-12,14H,1H2,(H2,24,25)(H,26,28);/b4-3-;. The summed E-state index contributed by atoms with van der Waals surface area (Å²) in [7, 11) is 0. The Morgan fingerprint density at radius 3 is 2.68 bits per heavy atom. The molecule has 9 heteroatoms. The van der Waals surface area contributed by atoms with E-state index in [1.807, 2.05) is 0 Å². The third kappa shape index (κ3) is 5.93. The van der Waals surface area contributed by atoms with Gasteiger partial charge in [-0.2, -0.15) is 0 Å². The van der Waals surface area contributed by atoms with E-state index in [1.54, 1.807) is 24.3 Å². The molecule has 2 aromatic heterocycles. The predicted octanol–water partition coefficient (Wildman–Crippen LogP) is 2.76. The summed E-state index contributed by atoms with van der Waals surface area (Å²) in [5, 5.41) is 2.55. The molecule has 156 valence electrons. The molecule has 0 spiro atoms. The Labute approximate surface area is 188 Å². The van der Waals surface area contributed by atoms with Gasteiger partial charge in [-0.05, 0) is 0 Å². The number of rotatable bonds is 7. The molecule has 7 nitrogen and oxygen atoms in total. The number of benzene rings is 1. The van der Waals surface area contributed by atoms with Crippen molar-refractivity contribution in [3.63, 3.8) is 0 Å². The Balaban J connectivity index is 1.67. The van der Waals surface area contributed by atoms with Gasteiger partial charge in [-0.3, -0.25) is 0 Å². The molecule has 3 N–H and O–H groups in total. The van der Waals surface area contributed by atoms with E-state index in [1.165, 1.54) is 53.4 Å². The minimum absolute atomic E-state index is 0.0706. The van der Waals surface area contributed by atoms with Crippen molar-refractivity contribution in [2.45, 2.75) is 0 Å². The fourth-order valence-electron chi connectivity index (χ4n) is 2.48. The quantitative estimate of drug-likeness (QED) is 0.327. The molecule has 0 aliphatic heterocycles. The third-order valence-corrected chi connectivity index (χ3v) is 4.77. The number of hydrogen-bond donors (Lipinski definition) is 2. The van der Waals surface area contributed by atoms with Crippen LogP contribution in [0.5, 0.6) is 5.75 Å². The van der Waals surface area contributed by atoms with Crippen LogP contribution in [-0.4, -0.2) is 19.5 Å². The van der Waals surface area contributed by atoms with Gasteiger partial charge in [0.1, 0.15) is 5.82 Å². The second-order valence-corrected chi connectivity index (χ2v) is 7.67. The third-order valence-electron chi connectivity index (χ3n) is 3.98. The van der Waals surface area contributed by atoms with Crippen molar-refractivity contribution >= 4 is 21.5 Å². The average Bonchev–Trinajstić information content (AvgIpc) is 2.74. The molecular formula is C22H17FN4O3W. The van der Waals surface area contributed by atoms with Crippen molar-refractivity contribution in [2.24, 2.45) is 0 Å². The molecular weight excluding hydrogens is 571 g/mol. The Morgan fingerprint density at radius 2 is 1.97 bits per heavy atom. The van der Waals surface area contributed by atoms with Gasteiger partial charge in [0, 0.05) is 0 Å². The average molecular weight is 588 g/mol. The van der Waals surface area contributed by atoms with E-state index in [-0.39, 0.29) is 11.3 Å².